The van der Waals surface area contributed by atoms with E-state index < -0.39 is 11.4 Å². The van der Waals surface area contributed by atoms with Crippen molar-refractivity contribution in [1.29, 1.82) is 0 Å². The Morgan fingerprint density at radius 1 is 1.35 bits per heavy atom. The van der Waals surface area contributed by atoms with Crippen LogP contribution >= 0.6 is 0 Å². The quantitative estimate of drug-likeness (QED) is 0.757. The summed E-state index contributed by atoms with van der Waals surface area (Å²) < 4.78 is 0. The van der Waals surface area contributed by atoms with Crippen molar-refractivity contribution in [3.8, 4) is 0 Å². The summed E-state index contributed by atoms with van der Waals surface area (Å²) in [6.45, 7) is 11.9. The highest BCUT2D eigenvalue weighted by Gasteiger charge is 2.78. The minimum atomic E-state index is -0.859. The Hall–Kier alpha value is -1.64. The van der Waals surface area contributed by atoms with Crippen LogP contribution in [0.1, 0.15) is 54.4 Å². The molecule has 1 saturated carbocycles. The molecule has 0 aromatic rings. The SMILES string of the molecule is C/C=C\CC1=C(C)[C@H]([C@]2(C(=O)O)[C@H](C=C(C)C)C2(C)C)CC1=O. The fourth-order valence-electron chi connectivity index (χ4n) is 4.64. The van der Waals surface area contributed by atoms with Gasteiger partial charge in [-0.25, -0.2) is 0 Å². The molecule has 0 aromatic carbocycles. The molecule has 0 spiro atoms. The first kappa shape index (κ1) is 17.7. The van der Waals surface area contributed by atoms with E-state index in [0.29, 0.717) is 12.8 Å². The molecular weight excluding hydrogens is 288 g/mol. The zero-order valence-electron chi connectivity index (χ0n) is 15.1. The normalized spacial score (nSPS) is 32.5. The van der Waals surface area contributed by atoms with Crippen LogP contribution in [0.4, 0.5) is 0 Å². The molecule has 3 heteroatoms. The van der Waals surface area contributed by atoms with E-state index in [-0.39, 0.29) is 23.0 Å². The molecule has 2 rings (SSSR count). The molecule has 23 heavy (non-hydrogen) atoms. The largest absolute Gasteiger partial charge is 0.481 e. The van der Waals surface area contributed by atoms with Crippen molar-refractivity contribution in [2.75, 3.05) is 0 Å². The molecule has 3 atom stereocenters. The summed E-state index contributed by atoms with van der Waals surface area (Å²) >= 11 is 0. The molecule has 0 aliphatic heterocycles. The monoisotopic (exact) mass is 316 g/mol. The average Bonchev–Trinajstić information content (AvgIpc) is 2.76. The molecule has 0 radical (unpaired) electrons. The van der Waals surface area contributed by atoms with Crippen LogP contribution in [0.3, 0.4) is 0 Å². The van der Waals surface area contributed by atoms with Gasteiger partial charge in [0.25, 0.3) is 0 Å². The van der Waals surface area contributed by atoms with Crippen LogP contribution < -0.4 is 0 Å². The molecule has 0 saturated heterocycles. The van der Waals surface area contributed by atoms with Gasteiger partial charge in [0.15, 0.2) is 5.78 Å². The number of carboxylic acids is 1. The predicted molar refractivity (Wildman–Crippen MR) is 92.0 cm³/mol. The molecule has 0 heterocycles. The summed E-state index contributed by atoms with van der Waals surface area (Å²) in [5.41, 5.74) is 1.73. The Morgan fingerprint density at radius 2 is 1.96 bits per heavy atom. The van der Waals surface area contributed by atoms with Crippen LogP contribution in [0.25, 0.3) is 0 Å². The summed E-state index contributed by atoms with van der Waals surface area (Å²) in [7, 11) is 0. The second kappa shape index (κ2) is 5.77. The van der Waals surface area contributed by atoms with Gasteiger partial charge in [-0.05, 0) is 45.1 Å². The highest BCUT2D eigenvalue weighted by molar-refractivity contribution is 6.00. The molecule has 0 amide bonds. The number of Topliss-reactive ketones (excluding diaryl/α,β-unsaturated/α-hetero) is 1. The van der Waals surface area contributed by atoms with Gasteiger partial charge in [-0.2, -0.15) is 0 Å². The van der Waals surface area contributed by atoms with Crippen LogP contribution in [-0.2, 0) is 9.59 Å². The van der Waals surface area contributed by atoms with E-state index in [1.54, 1.807) is 0 Å². The number of carboxylic acid groups (broad SMARTS) is 1. The van der Waals surface area contributed by atoms with E-state index in [9.17, 15) is 14.7 Å². The molecule has 3 nitrogen and oxygen atoms in total. The standard InChI is InChI=1S/C20H28O3/c1-7-8-9-14-13(4)15(11-16(14)21)20(18(22)23)17(10-12(2)3)19(20,5)6/h7-8,10,15,17H,9,11H2,1-6H3,(H,22,23)/b8-7-/t15-,17-,20-/m1/s1. The summed E-state index contributed by atoms with van der Waals surface area (Å²) in [6, 6.07) is 0. The number of hydrogen-bond acceptors (Lipinski definition) is 2. The van der Waals surface area contributed by atoms with Gasteiger partial charge < -0.3 is 5.11 Å². The molecular formula is C20H28O3. The Kier molecular flexibility index (Phi) is 4.44. The third-order valence-corrected chi connectivity index (χ3v) is 5.94. The van der Waals surface area contributed by atoms with Gasteiger partial charge in [-0.3, -0.25) is 9.59 Å². The average molecular weight is 316 g/mol. The van der Waals surface area contributed by atoms with Crippen molar-refractivity contribution in [3.05, 3.63) is 34.9 Å². The summed E-state index contributed by atoms with van der Waals surface area (Å²) in [5, 5.41) is 10.1. The van der Waals surface area contributed by atoms with Crippen molar-refractivity contribution >= 4 is 11.8 Å². The van der Waals surface area contributed by atoms with E-state index in [1.807, 2.05) is 53.7 Å². The number of allylic oxidation sites excluding steroid dienone is 6. The van der Waals surface area contributed by atoms with Gasteiger partial charge in [0.1, 0.15) is 0 Å². The number of ketones is 1. The van der Waals surface area contributed by atoms with Crippen molar-refractivity contribution < 1.29 is 14.7 Å². The number of aliphatic carboxylic acids is 1. The van der Waals surface area contributed by atoms with E-state index in [2.05, 4.69) is 6.08 Å². The highest BCUT2D eigenvalue weighted by Crippen LogP contribution is 2.75. The zero-order chi connectivity index (χ0) is 17.6. The summed E-state index contributed by atoms with van der Waals surface area (Å²) in [4.78, 5) is 24.7. The van der Waals surface area contributed by atoms with E-state index >= 15 is 0 Å². The maximum absolute atomic E-state index is 12.4. The Bertz CT molecular complexity index is 629. The minimum absolute atomic E-state index is 0.0219. The minimum Gasteiger partial charge on any atom is -0.481 e. The van der Waals surface area contributed by atoms with Gasteiger partial charge in [0.05, 0.1) is 5.41 Å². The van der Waals surface area contributed by atoms with Gasteiger partial charge in [-0.1, -0.05) is 43.2 Å². The smallest absolute Gasteiger partial charge is 0.311 e. The lowest BCUT2D eigenvalue weighted by Gasteiger charge is -2.24. The number of carbonyl (C=O) groups excluding carboxylic acids is 1. The third kappa shape index (κ3) is 2.41. The maximum atomic E-state index is 12.4. The first-order valence-electron chi connectivity index (χ1n) is 8.34. The van der Waals surface area contributed by atoms with Crippen LogP contribution in [0.2, 0.25) is 0 Å². The molecule has 0 unspecified atom stereocenters. The number of carbonyl (C=O) groups is 2. The van der Waals surface area contributed by atoms with Gasteiger partial charge in [0.2, 0.25) is 0 Å². The van der Waals surface area contributed by atoms with Gasteiger partial charge in [-0.15, -0.1) is 0 Å². The van der Waals surface area contributed by atoms with Crippen molar-refractivity contribution in [3.63, 3.8) is 0 Å². The summed E-state index contributed by atoms with van der Waals surface area (Å²) in [5.74, 6) is -0.867. The topological polar surface area (TPSA) is 54.4 Å². The lowest BCUT2D eigenvalue weighted by Crippen LogP contribution is -2.31. The lowest BCUT2D eigenvalue weighted by molar-refractivity contribution is -0.147. The van der Waals surface area contributed by atoms with Crippen molar-refractivity contribution in [1.82, 2.24) is 0 Å². The second-order valence-corrected chi connectivity index (χ2v) is 7.73. The molecule has 1 N–H and O–H groups in total. The van der Waals surface area contributed by atoms with E-state index in [0.717, 1.165) is 16.7 Å². The first-order chi connectivity index (χ1) is 10.6. The second-order valence-electron chi connectivity index (χ2n) is 7.73. The zero-order valence-corrected chi connectivity index (χ0v) is 15.1. The fraction of sp³-hybridized carbons (Fsp3) is 0.600. The third-order valence-electron chi connectivity index (χ3n) is 5.94. The summed E-state index contributed by atoms with van der Waals surface area (Å²) in [6.07, 6.45) is 6.93. The maximum Gasteiger partial charge on any atom is 0.311 e. The van der Waals surface area contributed by atoms with E-state index in [4.69, 9.17) is 0 Å². The Morgan fingerprint density at radius 3 is 2.43 bits per heavy atom. The van der Waals surface area contributed by atoms with Gasteiger partial charge >= 0.3 is 5.97 Å². The fourth-order valence-corrected chi connectivity index (χ4v) is 4.64. The molecule has 2 aliphatic rings. The Labute approximate surface area is 139 Å². The van der Waals surface area contributed by atoms with Crippen LogP contribution in [0.15, 0.2) is 34.9 Å². The molecule has 0 bridgehead atoms. The number of hydrogen-bond donors (Lipinski definition) is 1. The van der Waals surface area contributed by atoms with Crippen LogP contribution in [-0.4, -0.2) is 16.9 Å². The lowest BCUT2D eigenvalue weighted by atomic mass is 9.78. The Balaban J connectivity index is 2.50. The molecule has 1 fully saturated rings. The molecule has 0 aromatic heterocycles. The molecule has 126 valence electrons. The van der Waals surface area contributed by atoms with Crippen LogP contribution in [0, 0.1) is 22.7 Å². The van der Waals surface area contributed by atoms with E-state index in [1.165, 1.54) is 0 Å². The first-order valence-corrected chi connectivity index (χ1v) is 8.34. The van der Waals surface area contributed by atoms with Crippen LogP contribution in [0.5, 0.6) is 0 Å². The predicted octanol–water partition coefficient (Wildman–Crippen LogP) is 4.55. The van der Waals surface area contributed by atoms with Crippen molar-refractivity contribution in [2.45, 2.75) is 54.4 Å². The van der Waals surface area contributed by atoms with Crippen molar-refractivity contribution in [2.24, 2.45) is 22.7 Å². The number of rotatable bonds is 5. The van der Waals surface area contributed by atoms with Gasteiger partial charge in [0, 0.05) is 18.3 Å². The highest BCUT2D eigenvalue weighted by atomic mass is 16.4. The molecule has 2 aliphatic carbocycles.